The fourth-order valence-electron chi connectivity index (χ4n) is 2.93. The minimum Gasteiger partial charge on any atom is -0.289 e. The van der Waals surface area contributed by atoms with Crippen molar-refractivity contribution < 1.29 is 13.2 Å². The second-order valence-electron chi connectivity index (χ2n) is 7.99. The van der Waals surface area contributed by atoms with Crippen LogP contribution in [0.15, 0.2) is 71.9 Å². The van der Waals surface area contributed by atoms with Crippen molar-refractivity contribution in [1.29, 1.82) is 0 Å². The number of sulfonamides is 1. The van der Waals surface area contributed by atoms with Gasteiger partial charge in [-0.3, -0.25) is 14.5 Å². The van der Waals surface area contributed by atoms with Crippen molar-refractivity contribution in [1.82, 2.24) is 4.98 Å². The molecule has 29 heavy (non-hydrogen) atoms. The van der Waals surface area contributed by atoms with E-state index in [0.29, 0.717) is 11.1 Å². The predicted molar refractivity (Wildman–Crippen MR) is 115 cm³/mol. The lowest BCUT2D eigenvalue weighted by Crippen LogP contribution is -2.17. The third-order valence-corrected chi connectivity index (χ3v) is 6.02. The second kappa shape index (κ2) is 7.79. The Balaban J connectivity index is 1.96. The van der Waals surface area contributed by atoms with Gasteiger partial charge in [0.05, 0.1) is 10.6 Å². The van der Waals surface area contributed by atoms with E-state index in [9.17, 15) is 13.2 Å². The van der Waals surface area contributed by atoms with Crippen molar-refractivity contribution >= 4 is 21.5 Å². The van der Waals surface area contributed by atoms with Crippen molar-refractivity contribution in [2.45, 2.75) is 38.0 Å². The molecule has 0 saturated heterocycles. The quantitative estimate of drug-likeness (QED) is 0.620. The number of benzene rings is 2. The highest BCUT2D eigenvalue weighted by atomic mass is 32.2. The molecule has 150 valence electrons. The molecule has 0 aliphatic rings. The molecule has 0 spiro atoms. The lowest BCUT2D eigenvalue weighted by molar-refractivity contribution is 0.103. The van der Waals surface area contributed by atoms with E-state index >= 15 is 0 Å². The molecule has 0 saturated carbocycles. The Kier molecular flexibility index (Phi) is 5.57. The first-order chi connectivity index (χ1) is 13.6. The van der Waals surface area contributed by atoms with Gasteiger partial charge in [0.1, 0.15) is 0 Å². The van der Waals surface area contributed by atoms with Crippen molar-refractivity contribution in [3.63, 3.8) is 0 Å². The molecule has 0 fully saturated rings. The molecule has 1 aromatic heterocycles. The lowest BCUT2D eigenvalue weighted by Gasteiger charge is -2.19. The Hall–Kier alpha value is -2.99. The third kappa shape index (κ3) is 4.71. The summed E-state index contributed by atoms with van der Waals surface area (Å²) in [6, 6.07) is 15.1. The van der Waals surface area contributed by atoms with Crippen LogP contribution >= 0.6 is 0 Å². The van der Waals surface area contributed by atoms with E-state index in [2.05, 4.69) is 30.5 Å². The number of hydrogen-bond acceptors (Lipinski definition) is 4. The number of pyridine rings is 1. The Bertz CT molecular complexity index is 1130. The fraction of sp³-hybridized carbons (Fsp3) is 0.217. The number of nitrogens with zero attached hydrogens (tertiary/aromatic N) is 1. The van der Waals surface area contributed by atoms with E-state index in [0.717, 1.165) is 11.1 Å². The molecule has 1 N–H and O–H groups in total. The maximum Gasteiger partial charge on any atom is 0.261 e. The van der Waals surface area contributed by atoms with Crippen LogP contribution in [0.4, 0.5) is 5.69 Å². The van der Waals surface area contributed by atoms with Gasteiger partial charge in [-0.15, -0.1) is 0 Å². The maximum absolute atomic E-state index is 12.9. The van der Waals surface area contributed by atoms with Crippen LogP contribution in [0.1, 0.15) is 47.8 Å². The van der Waals surface area contributed by atoms with Gasteiger partial charge < -0.3 is 0 Å². The number of ketones is 1. The fourth-order valence-corrected chi connectivity index (χ4v) is 4.01. The zero-order chi connectivity index (χ0) is 21.2. The van der Waals surface area contributed by atoms with Gasteiger partial charge in [-0.1, -0.05) is 44.5 Å². The molecule has 0 radical (unpaired) electrons. The molecule has 5 nitrogen and oxygen atoms in total. The van der Waals surface area contributed by atoms with Crippen LogP contribution in [-0.2, 0) is 15.4 Å². The van der Waals surface area contributed by atoms with Crippen LogP contribution < -0.4 is 4.72 Å². The van der Waals surface area contributed by atoms with E-state index in [1.54, 1.807) is 42.5 Å². The Morgan fingerprint density at radius 1 is 0.931 bits per heavy atom. The van der Waals surface area contributed by atoms with Crippen molar-refractivity contribution in [2.24, 2.45) is 0 Å². The highest BCUT2D eigenvalue weighted by Gasteiger charge is 2.21. The number of hydrogen-bond donors (Lipinski definition) is 1. The molecular formula is C23H24N2O3S. The van der Waals surface area contributed by atoms with Crippen LogP contribution in [0.2, 0.25) is 0 Å². The SMILES string of the molecule is Cc1ccc(NS(=O)(=O)c2ccc(C(C)(C)C)cc2)c(C(=O)c2ccncc2)c1. The van der Waals surface area contributed by atoms with Crippen LogP contribution in [0.5, 0.6) is 0 Å². The normalized spacial score (nSPS) is 11.9. The Labute approximate surface area is 171 Å². The maximum atomic E-state index is 12.9. The molecule has 1 heterocycles. The molecule has 0 aliphatic heterocycles. The molecule has 3 rings (SSSR count). The number of rotatable bonds is 5. The van der Waals surface area contributed by atoms with Crippen LogP contribution in [0.3, 0.4) is 0 Å². The largest absolute Gasteiger partial charge is 0.289 e. The molecule has 0 unspecified atom stereocenters. The monoisotopic (exact) mass is 408 g/mol. The minimum absolute atomic E-state index is 0.0726. The molecule has 3 aromatic rings. The zero-order valence-electron chi connectivity index (χ0n) is 16.9. The van der Waals surface area contributed by atoms with Gasteiger partial charge in [0, 0.05) is 23.5 Å². The molecule has 0 aliphatic carbocycles. The Morgan fingerprint density at radius 3 is 2.14 bits per heavy atom. The summed E-state index contributed by atoms with van der Waals surface area (Å²) in [6.07, 6.45) is 3.06. The summed E-state index contributed by atoms with van der Waals surface area (Å²) in [5, 5.41) is 0. The van der Waals surface area contributed by atoms with Gasteiger partial charge >= 0.3 is 0 Å². The molecule has 0 atom stereocenters. The number of anilines is 1. The standard InChI is InChI=1S/C23H24N2O3S/c1-16-5-10-21(20(15-16)22(26)17-11-13-24-14-12-17)25-29(27,28)19-8-6-18(7-9-19)23(2,3)4/h5-15,25H,1-4H3. The average molecular weight is 409 g/mol. The van der Waals surface area contributed by atoms with Crippen LogP contribution in [-0.4, -0.2) is 19.2 Å². The first kappa shape index (κ1) is 20.7. The highest BCUT2D eigenvalue weighted by molar-refractivity contribution is 7.92. The number of aromatic nitrogens is 1. The molecular weight excluding hydrogens is 384 g/mol. The van der Waals surface area contributed by atoms with Gasteiger partial charge in [0.2, 0.25) is 0 Å². The van der Waals surface area contributed by atoms with E-state index < -0.39 is 10.0 Å². The van der Waals surface area contributed by atoms with E-state index in [-0.39, 0.29) is 21.8 Å². The predicted octanol–water partition coefficient (Wildman–Crippen LogP) is 4.72. The number of carbonyl (C=O) groups excluding carboxylic acids is 1. The van der Waals surface area contributed by atoms with E-state index in [1.807, 2.05) is 19.1 Å². The van der Waals surface area contributed by atoms with Gasteiger partial charge in [0.25, 0.3) is 10.0 Å². The molecule has 2 aromatic carbocycles. The first-order valence-electron chi connectivity index (χ1n) is 9.27. The number of nitrogens with one attached hydrogen (secondary N) is 1. The van der Waals surface area contributed by atoms with Crippen LogP contribution in [0, 0.1) is 6.92 Å². The van der Waals surface area contributed by atoms with E-state index in [1.165, 1.54) is 12.4 Å². The third-order valence-electron chi connectivity index (χ3n) is 4.64. The zero-order valence-corrected chi connectivity index (χ0v) is 17.7. The molecule has 0 bridgehead atoms. The van der Waals surface area contributed by atoms with Gasteiger partial charge in [-0.2, -0.15) is 0 Å². The summed E-state index contributed by atoms with van der Waals surface area (Å²) in [5.74, 6) is -0.267. The average Bonchev–Trinajstić information content (AvgIpc) is 2.69. The summed E-state index contributed by atoms with van der Waals surface area (Å²) in [4.78, 5) is 17.0. The summed E-state index contributed by atoms with van der Waals surface area (Å²) in [6.45, 7) is 8.06. The van der Waals surface area contributed by atoms with Gasteiger partial charge in [-0.25, -0.2) is 8.42 Å². The summed E-state index contributed by atoms with van der Waals surface area (Å²) in [5.41, 5.74) is 2.82. The van der Waals surface area contributed by atoms with Crippen molar-refractivity contribution in [2.75, 3.05) is 4.72 Å². The summed E-state index contributed by atoms with van der Waals surface area (Å²) < 4.78 is 28.4. The smallest absolute Gasteiger partial charge is 0.261 e. The minimum atomic E-state index is -3.84. The number of aryl methyl sites for hydroxylation is 1. The van der Waals surface area contributed by atoms with Gasteiger partial charge in [-0.05, 0) is 54.3 Å². The first-order valence-corrected chi connectivity index (χ1v) is 10.7. The summed E-state index contributed by atoms with van der Waals surface area (Å²) in [7, 11) is -3.84. The lowest BCUT2D eigenvalue weighted by atomic mass is 9.87. The molecule has 0 amide bonds. The highest BCUT2D eigenvalue weighted by Crippen LogP contribution is 2.26. The van der Waals surface area contributed by atoms with Crippen molar-refractivity contribution in [3.05, 3.63) is 89.2 Å². The van der Waals surface area contributed by atoms with Gasteiger partial charge in [0.15, 0.2) is 5.78 Å². The summed E-state index contributed by atoms with van der Waals surface area (Å²) >= 11 is 0. The molecule has 6 heteroatoms. The Morgan fingerprint density at radius 2 is 1.55 bits per heavy atom. The second-order valence-corrected chi connectivity index (χ2v) is 9.68. The number of carbonyl (C=O) groups is 1. The van der Waals surface area contributed by atoms with Crippen LogP contribution in [0.25, 0.3) is 0 Å². The van der Waals surface area contributed by atoms with E-state index in [4.69, 9.17) is 0 Å². The van der Waals surface area contributed by atoms with Crippen molar-refractivity contribution in [3.8, 4) is 0 Å². The topological polar surface area (TPSA) is 76.1 Å².